The van der Waals surface area contributed by atoms with Crippen LogP contribution in [-0.2, 0) is 0 Å². The molecule has 0 radical (unpaired) electrons. The van der Waals surface area contributed by atoms with Gasteiger partial charge in [0.25, 0.3) is 0 Å². The summed E-state index contributed by atoms with van der Waals surface area (Å²) in [5, 5.41) is 6.92. The van der Waals surface area contributed by atoms with Crippen LogP contribution in [0.25, 0.3) is 99.9 Å². The van der Waals surface area contributed by atoms with Gasteiger partial charge in [0.15, 0.2) is 17.5 Å². The molecule has 0 amide bonds. The van der Waals surface area contributed by atoms with Crippen molar-refractivity contribution < 1.29 is 4.42 Å². The summed E-state index contributed by atoms with van der Waals surface area (Å²) in [5.74, 6) is 1.84. The van der Waals surface area contributed by atoms with Gasteiger partial charge >= 0.3 is 0 Å². The van der Waals surface area contributed by atoms with E-state index in [1.807, 2.05) is 60.7 Å². The zero-order valence-corrected chi connectivity index (χ0v) is 27.5. The van der Waals surface area contributed by atoms with Crippen molar-refractivity contribution in [2.24, 2.45) is 0 Å². The lowest BCUT2D eigenvalue weighted by molar-refractivity contribution is 0.669. The van der Waals surface area contributed by atoms with Gasteiger partial charge in [0, 0.05) is 27.5 Å². The van der Waals surface area contributed by atoms with Gasteiger partial charge in [0.1, 0.15) is 11.2 Å². The van der Waals surface area contributed by atoms with Crippen LogP contribution in [0.3, 0.4) is 0 Å². The zero-order valence-electron chi connectivity index (χ0n) is 27.5. The second-order valence-corrected chi connectivity index (χ2v) is 12.8. The Balaban J connectivity index is 1.15. The third kappa shape index (κ3) is 4.96. The summed E-state index contributed by atoms with van der Waals surface area (Å²) >= 11 is 0. The van der Waals surface area contributed by atoms with Gasteiger partial charge in [0.05, 0.1) is 0 Å². The maximum absolute atomic E-state index is 6.23. The smallest absolute Gasteiger partial charge is 0.164 e. The standard InChI is InChI=1S/C47H29N3O/c1-2-14-31(15-3-1)45-48-46(50-47(49-45)41-26-12-28-43-44(41)40-20-6-7-27-42(40)51-43)33-18-8-17-32(29-33)35-21-10-24-39-37(35)23-11-25-38(39)36-22-9-16-30-13-4-5-19-34(30)36/h1-29H. The molecule has 4 nitrogen and oxygen atoms in total. The highest BCUT2D eigenvalue weighted by molar-refractivity contribution is 6.12. The van der Waals surface area contributed by atoms with Crippen LogP contribution in [0.1, 0.15) is 0 Å². The summed E-state index contributed by atoms with van der Waals surface area (Å²) in [7, 11) is 0. The summed E-state index contributed by atoms with van der Waals surface area (Å²) < 4.78 is 6.23. The fraction of sp³-hybridized carbons (Fsp3) is 0. The molecule has 8 aromatic carbocycles. The van der Waals surface area contributed by atoms with Crippen LogP contribution in [0, 0.1) is 0 Å². The molecule has 4 heteroatoms. The molecular formula is C47H29N3O. The average molecular weight is 652 g/mol. The molecule has 51 heavy (non-hydrogen) atoms. The van der Waals surface area contributed by atoms with Crippen LogP contribution < -0.4 is 0 Å². The number of hydrogen-bond donors (Lipinski definition) is 0. The summed E-state index contributed by atoms with van der Waals surface area (Å²) in [6.45, 7) is 0. The fourth-order valence-corrected chi connectivity index (χ4v) is 7.39. The molecule has 0 unspecified atom stereocenters. The van der Waals surface area contributed by atoms with Crippen molar-refractivity contribution in [1.29, 1.82) is 0 Å². The number of benzene rings is 8. The molecule has 0 saturated carbocycles. The molecule has 10 rings (SSSR count). The minimum absolute atomic E-state index is 0.603. The maximum atomic E-state index is 6.23. The molecule has 0 aliphatic heterocycles. The van der Waals surface area contributed by atoms with Gasteiger partial charge in [-0.25, -0.2) is 15.0 Å². The minimum atomic E-state index is 0.603. The molecule has 10 aromatic rings. The van der Waals surface area contributed by atoms with Gasteiger partial charge in [0.2, 0.25) is 0 Å². The van der Waals surface area contributed by atoms with Gasteiger partial charge in [-0.2, -0.15) is 0 Å². The van der Waals surface area contributed by atoms with Crippen molar-refractivity contribution in [3.05, 3.63) is 176 Å². The predicted molar refractivity (Wildman–Crippen MR) is 209 cm³/mol. The van der Waals surface area contributed by atoms with Crippen molar-refractivity contribution >= 4 is 43.5 Å². The predicted octanol–water partition coefficient (Wildman–Crippen LogP) is 12.4. The SMILES string of the molecule is c1ccc(-c2nc(-c3cccc(-c4cccc5c(-c6cccc7ccccc67)cccc45)c3)nc(-c3cccc4oc5ccccc5c34)n2)cc1. The van der Waals surface area contributed by atoms with Crippen LogP contribution in [0.4, 0.5) is 0 Å². The third-order valence-electron chi connectivity index (χ3n) is 9.74. The van der Waals surface area contributed by atoms with E-state index in [2.05, 4.69) is 115 Å². The van der Waals surface area contributed by atoms with Gasteiger partial charge in [-0.15, -0.1) is 0 Å². The van der Waals surface area contributed by atoms with E-state index in [1.54, 1.807) is 0 Å². The van der Waals surface area contributed by atoms with Crippen LogP contribution in [0.15, 0.2) is 180 Å². The van der Waals surface area contributed by atoms with Crippen LogP contribution in [-0.4, -0.2) is 15.0 Å². The van der Waals surface area contributed by atoms with Crippen LogP contribution >= 0.6 is 0 Å². The number of rotatable bonds is 5. The van der Waals surface area contributed by atoms with Gasteiger partial charge in [-0.1, -0.05) is 158 Å². The van der Waals surface area contributed by atoms with E-state index >= 15 is 0 Å². The zero-order chi connectivity index (χ0) is 33.7. The Labute approximate surface area is 294 Å². The van der Waals surface area contributed by atoms with E-state index in [-0.39, 0.29) is 0 Å². The Morgan fingerprint density at radius 2 is 0.824 bits per heavy atom. The number of fused-ring (bicyclic) bond motifs is 5. The molecule has 0 spiro atoms. The summed E-state index contributed by atoms with van der Waals surface area (Å²) in [4.78, 5) is 15.3. The van der Waals surface area contributed by atoms with Crippen LogP contribution in [0.2, 0.25) is 0 Å². The first-order valence-electron chi connectivity index (χ1n) is 17.1. The molecule has 0 aliphatic carbocycles. The van der Waals surface area contributed by atoms with E-state index in [0.29, 0.717) is 17.5 Å². The first-order valence-corrected chi connectivity index (χ1v) is 17.1. The molecule has 2 aromatic heterocycles. The summed E-state index contributed by atoms with van der Waals surface area (Å²) in [6.07, 6.45) is 0. The second kappa shape index (κ2) is 11.9. The van der Waals surface area contributed by atoms with Gasteiger partial charge < -0.3 is 4.42 Å². The second-order valence-electron chi connectivity index (χ2n) is 12.8. The average Bonchev–Trinajstić information content (AvgIpc) is 3.59. The van der Waals surface area contributed by atoms with E-state index in [1.165, 1.54) is 32.7 Å². The lowest BCUT2D eigenvalue weighted by Crippen LogP contribution is -2.00. The molecular weight excluding hydrogens is 623 g/mol. The molecule has 0 N–H and O–H groups in total. The Kier molecular flexibility index (Phi) is 6.78. The van der Waals surface area contributed by atoms with E-state index in [9.17, 15) is 0 Å². The highest BCUT2D eigenvalue weighted by Gasteiger charge is 2.18. The monoisotopic (exact) mass is 651 g/mol. The molecule has 2 heterocycles. The van der Waals surface area contributed by atoms with Crippen LogP contribution in [0.5, 0.6) is 0 Å². The molecule has 0 fully saturated rings. The Morgan fingerprint density at radius 3 is 1.69 bits per heavy atom. The number of furan rings is 1. The van der Waals surface area contributed by atoms with E-state index in [0.717, 1.165) is 49.8 Å². The molecule has 238 valence electrons. The number of nitrogens with zero attached hydrogens (tertiary/aromatic N) is 3. The molecule has 0 saturated heterocycles. The largest absolute Gasteiger partial charge is 0.456 e. The summed E-state index contributed by atoms with van der Waals surface area (Å²) in [6, 6.07) is 61.1. The van der Waals surface area contributed by atoms with Gasteiger partial charge in [-0.05, 0) is 62.0 Å². The quantitative estimate of drug-likeness (QED) is 0.186. The minimum Gasteiger partial charge on any atom is -0.456 e. The normalized spacial score (nSPS) is 11.5. The topological polar surface area (TPSA) is 51.8 Å². The van der Waals surface area contributed by atoms with Crippen molar-refractivity contribution in [2.75, 3.05) is 0 Å². The molecule has 0 atom stereocenters. The molecule has 0 bridgehead atoms. The third-order valence-corrected chi connectivity index (χ3v) is 9.74. The lowest BCUT2D eigenvalue weighted by Gasteiger charge is -2.14. The first-order chi connectivity index (χ1) is 25.3. The highest BCUT2D eigenvalue weighted by Crippen LogP contribution is 2.39. The van der Waals surface area contributed by atoms with Crippen molar-refractivity contribution in [1.82, 2.24) is 15.0 Å². The number of hydrogen-bond acceptors (Lipinski definition) is 4. The molecule has 0 aliphatic rings. The summed E-state index contributed by atoms with van der Waals surface area (Å²) in [5.41, 5.74) is 9.10. The van der Waals surface area contributed by atoms with Gasteiger partial charge in [-0.3, -0.25) is 0 Å². The van der Waals surface area contributed by atoms with E-state index < -0.39 is 0 Å². The number of para-hydroxylation sites is 1. The van der Waals surface area contributed by atoms with E-state index in [4.69, 9.17) is 19.4 Å². The Bertz CT molecular complexity index is 2920. The first kappa shape index (κ1) is 29.0. The van der Waals surface area contributed by atoms with Crippen molar-refractivity contribution in [2.45, 2.75) is 0 Å². The van der Waals surface area contributed by atoms with Crippen molar-refractivity contribution in [3.63, 3.8) is 0 Å². The lowest BCUT2D eigenvalue weighted by atomic mass is 9.90. The Morgan fingerprint density at radius 1 is 0.314 bits per heavy atom. The number of aromatic nitrogens is 3. The highest BCUT2D eigenvalue weighted by atomic mass is 16.3. The van der Waals surface area contributed by atoms with Crippen molar-refractivity contribution in [3.8, 4) is 56.4 Å². The maximum Gasteiger partial charge on any atom is 0.164 e. The Hall–Kier alpha value is -6.91. The fourth-order valence-electron chi connectivity index (χ4n) is 7.39.